The fourth-order valence-electron chi connectivity index (χ4n) is 2.79. The average Bonchev–Trinajstić information content (AvgIpc) is 2.76. The SMILES string of the molecule is CCNC(=NCC(=O)Nc1ccc(F)cc1)N(C)CCc1ccc(OC)c(OC)c1.I. The lowest BCUT2D eigenvalue weighted by Crippen LogP contribution is -2.40. The maximum atomic E-state index is 13.0. The first-order valence-electron chi connectivity index (χ1n) is 9.72. The minimum Gasteiger partial charge on any atom is -0.493 e. The molecule has 0 radical (unpaired) electrons. The summed E-state index contributed by atoms with van der Waals surface area (Å²) in [4.78, 5) is 18.5. The molecule has 1 amide bonds. The highest BCUT2D eigenvalue weighted by atomic mass is 127. The van der Waals surface area contributed by atoms with Crippen molar-refractivity contribution in [3.8, 4) is 11.5 Å². The van der Waals surface area contributed by atoms with Gasteiger partial charge in [-0.2, -0.15) is 0 Å². The Morgan fingerprint density at radius 1 is 1.10 bits per heavy atom. The number of benzene rings is 2. The van der Waals surface area contributed by atoms with E-state index in [9.17, 15) is 9.18 Å². The van der Waals surface area contributed by atoms with Gasteiger partial charge in [-0.05, 0) is 55.3 Å². The number of nitrogens with one attached hydrogen (secondary N) is 2. The number of guanidine groups is 1. The lowest BCUT2D eigenvalue weighted by molar-refractivity contribution is -0.114. The standard InChI is InChI=1S/C22H29FN4O3.HI/c1-5-24-22(25-15-21(28)26-18-9-7-17(23)8-10-18)27(2)13-12-16-6-11-19(29-3)20(14-16)30-4;/h6-11,14H,5,12-13,15H2,1-4H3,(H,24,25)(H,26,28);1H. The molecule has 2 aromatic rings. The zero-order chi connectivity index (χ0) is 21.9. The number of rotatable bonds is 9. The van der Waals surface area contributed by atoms with E-state index in [0.29, 0.717) is 36.2 Å². The van der Waals surface area contributed by atoms with Gasteiger partial charge >= 0.3 is 0 Å². The number of methoxy groups -OCH3 is 2. The predicted molar refractivity (Wildman–Crippen MR) is 132 cm³/mol. The van der Waals surface area contributed by atoms with Crippen LogP contribution in [0.25, 0.3) is 0 Å². The molecule has 2 aromatic carbocycles. The molecule has 0 aliphatic heterocycles. The highest BCUT2D eigenvalue weighted by Crippen LogP contribution is 2.27. The molecule has 0 unspecified atom stereocenters. The number of hydrogen-bond acceptors (Lipinski definition) is 4. The van der Waals surface area contributed by atoms with E-state index in [0.717, 1.165) is 12.0 Å². The number of carbonyl (C=O) groups is 1. The molecule has 0 aliphatic rings. The molecule has 0 aliphatic carbocycles. The molecule has 0 bridgehead atoms. The van der Waals surface area contributed by atoms with E-state index >= 15 is 0 Å². The Morgan fingerprint density at radius 3 is 2.39 bits per heavy atom. The summed E-state index contributed by atoms with van der Waals surface area (Å²) in [5.41, 5.74) is 1.63. The molecule has 0 heterocycles. The number of likely N-dealkylation sites (N-methyl/N-ethyl adjacent to an activating group) is 1. The molecular formula is C22H30FIN4O3. The summed E-state index contributed by atoms with van der Waals surface area (Å²) >= 11 is 0. The molecule has 0 saturated heterocycles. The van der Waals surface area contributed by atoms with Crippen LogP contribution in [0.1, 0.15) is 12.5 Å². The van der Waals surface area contributed by atoms with Crippen LogP contribution in [-0.4, -0.2) is 57.7 Å². The van der Waals surface area contributed by atoms with Gasteiger partial charge in [0.1, 0.15) is 12.4 Å². The van der Waals surface area contributed by atoms with E-state index in [1.165, 1.54) is 24.3 Å². The van der Waals surface area contributed by atoms with E-state index in [1.807, 2.05) is 37.1 Å². The van der Waals surface area contributed by atoms with Crippen LogP contribution in [-0.2, 0) is 11.2 Å². The molecular weight excluding hydrogens is 514 g/mol. The van der Waals surface area contributed by atoms with E-state index in [4.69, 9.17) is 9.47 Å². The third-order valence-electron chi connectivity index (χ3n) is 4.38. The van der Waals surface area contributed by atoms with Crippen molar-refractivity contribution in [2.45, 2.75) is 13.3 Å². The van der Waals surface area contributed by atoms with Crippen molar-refractivity contribution in [3.05, 3.63) is 53.8 Å². The number of halogens is 2. The van der Waals surface area contributed by atoms with Crippen molar-refractivity contribution in [2.24, 2.45) is 4.99 Å². The summed E-state index contributed by atoms with van der Waals surface area (Å²) in [6.07, 6.45) is 0.767. The summed E-state index contributed by atoms with van der Waals surface area (Å²) < 4.78 is 23.6. The van der Waals surface area contributed by atoms with Crippen LogP contribution in [0, 0.1) is 5.82 Å². The van der Waals surface area contributed by atoms with Gasteiger partial charge in [-0.25, -0.2) is 9.38 Å². The first kappa shape index (κ1) is 26.5. The second-order valence-electron chi connectivity index (χ2n) is 6.59. The first-order valence-corrected chi connectivity index (χ1v) is 9.72. The van der Waals surface area contributed by atoms with Crippen LogP contribution in [0.3, 0.4) is 0 Å². The van der Waals surface area contributed by atoms with Crippen LogP contribution in [0.5, 0.6) is 11.5 Å². The molecule has 31 heavy (non-hydrogen) atoms. The van der Waals surface area contributed by atoms with E-state index in [2.05, 4.69) is 15.6 Å². The Balaban J connectivity index is 0.00000480. The molecule has 7 nitrogen and oxygen atoms in total. The van der Waals surface area contributed by atoms with Gasteiger partial charge in [-0.3, -0.25) is 4.79 Å². The quantitative estimate of drug-likeness (QED) is 0.287. The fourth-order valence-corrected chi connectivity index (χ4v) is 2.79. The van der Waals surface area contributed by atoms with Gasteiger partial charge < -0.3 is 25.0 Å². The summed E-state index contributed by atoms with van der Waals surface area (Å²) in [6, 6.07) is 11.4. The molecule has 0 spiro atoms. The van der Waals surface area contributed by atoms with Crippen molar-refractivity contribution in [2.75, 3.05) is 46.2 Å². The second-order valence-corrected chi connectivity index (χ2v) is 6.59. The number of anilines is 1. The van der Waals surface area contributed by atoms with E-state index in [1.54, 1.807) is 14.2 Å². The van der Waals surface area contributed by atoms with Gasteiger partial charge in [0.05, 0.1) is 14.2 Å². The van der Waals surface area contributed by atoms with E-state index < -0.39 is 0 Å². The van der Waals surface area contributed by atoms with E-state index in [-0.39, 0.29) is 42.2 Å². The molecule has 9 heteroatoms. The highest BCUT2D eigenvalue weighted by Gasteiger charge is 2.10. The van der Waals surface area contributed by atoms with Gasteiger partial charge in [0.15, 0.2) is 17.5 Å². The summed E-state index contributed by atoms with van der Waals surface area (Å²) in [5, 5.41) is 5.89. The van der Waals surface area contributed by atoms with Crippen molar-refractivity contribution in [3.63, 3.8) is 0 Å². The van der Waals surface area contributed by atoms with Crippen LogP contribution >= 0.6 is 24.0 Å². The Kier molecular flexibility index (Phi) is 11.7. The smallest absolute Gasteiger partial charge is 0.246 e. The van der Waals surface area contributed by atoms with Gasteiger partial charge in [0.25, 0.3) is 0 Å². The Hall–Kier alpha value is -2.56. The molecule has 2 rings (SSSR count). The summed E-state index contributed by atoms with van der Waals surface area (Å²) in [6.45, 7) is 3.30. The molecule has 0 fully saturated rings. The fraction of sp³-hybridized carbons (Fsp3) is 0.364. The lowest BCUT2D eigenvalue weighted by atomic mass is 10.1. The molecule has 2 N–H and O–H groups in total. The third-order valence-corrected chi connectivity index (χ3v) is 4.38. The monoisotopic (exact) mass is 544 g/mol. The average molecular weight is 544 g/mol. The molecule has 170 valence electrons. The largest absolute Gasteiger partial charge is 0.493 e. The third kappa shape index (κ3) is 8.60. The van der Waals surface area contributed by atoms with Gasteiger partial charge in [-0.15, -0.1) is 24.0 Å². The zero-order valence-corrected chi connectivity index (χ0v) is 20.6. The minimum atomic E-state index is -0.350. The zero-order valence-electron chi connectivity index (χ0n) is 18.3. The number of amides is 1. The number of ether oxygens (including phenoxy) is 2. The number of hydrogen-bond donors (Lipinski definition) is 2. The van der Waals surface area contributed by atoms with Crippen molar-refractivity contribution < 1.29 is 18.7 Å². The summed E-state index contributed by atoms with van der Waals surface area (Å²) in [5.74, 6) is 1.39. The van der Waals surface area contributed by atoms with Crippen LogP contribution in [0.2, 0.25) is 0 Å². The number of carbonyl (C=O) groups excluding carboxylic acids is 1. The maximum absolute atomic E-state index is 13.0. The number of nitrogens with zero attached hydrogens (tertiary/aromatic N) is 2. The highest BCUT2D eigenvalue weighted by molar-refractivity contribution is 14.0. The van der Waals surface area contributed by atoms with Crippen molar-refractivity contribution in [1.29, 1.82) is 0 Å². The van der Waals surface area contributed by atoms with Crippen molar-refractivity contribution >= 4 is 41.5 Å². The predicted octanol–water partition coefficient (Wildman–Crippen LogP) is 3.54. The van der Waals surface area contributed by atoms with Gasteiger partial charge in [-0.1, -0.05) is 6.07 Å². The topological polar surface area (TPSA) is 75.2 Å². The lowest BCUT2D eigenvalue weighted by Gasteiger charge is -2.22. The molecule has 0 aromatic heterocycles. The normalized spacial score (nSPS) is 10.7. The Morgan fingerprint density at radius 2 is 1.77 bits per heavy atom. The van der Waals surface area contributed by atoms with Crippen molar-refractivity contribution in [1.82, 2.24) is 10.2 Å². The maximum Gasteiger partial charge on any atom is 0.246 e. The first-order chi connectivity index (χ1) is 14.5. The Bertz CT molecular complexity index is 862. The van der Waals surface area contributed by atoms with Crippen LogP contribution in [0.15, 0.2) is 47.5 Å². The molecule has 0 atom stereocenters. The Labute approximate surface area is 200 Å². The van der Waals surface area contributed by atoms with Crippen LogP contribution in [0.4, 0.5) is 10.1 Å². The summed E-state index contributed by atoms with van der Waals surface area (Å²) in [7, 11) is 5.14. The van der Waals surface area contributed by atoms with Gasteiger partial charge in [0.2, 0.25) is 5.91 Å². The van der Waals surface area contributed by atoms with Crippen LogP contribution < -0.4 is 20.1 Å². The minimum absolute atomic E-state index is 0. The number of aliphatic imine (C=N–C) groups is 1. The van der Waals surface area contributed by atoms with Gasteiger partial charge in [0, 0.05) is 25.8 Å². The molecule has 0 saturated carbocycles. The second kappa shape index (κ2) is 13.7.